The number of aromatic hydroxyl groups is 1. The van der Waals surface area contributed by atoms with E-state index in [1.807, 2.05) is 0 Å². The van der Waals surface area contributed by atoms with Gasteiger partial charge in [0.1, 0.15) is 17.6 Å². The number of sulfonamides is 1. The van der Waals surface area contributed by atoms with Crippen molar-refractivity contribution in [2.24, 2.45) is 0 Å². The summed E-state index contributed by atoms with van der Waals surface area (Å²) in [6, 6.07) is 7.78. The minimum Gasteiger partial charge on any atom is -0.508 e. The van der Waals surface area contributed by atoms with Gasteiger partial charge in [0.15, 0.2) is 0 Å². The zero-order valence-corrected chi connectivity index (χ0v) is 14.5. The fourth-order valence-corrected chi connectivity index (χ4v) is 4.63. The van der Waals surface area contributed by atoms with Crippen molar-refractivity contribution >= 4 is 27.3 Å². The van der Waals surface area contributed by atoms with Crippen molar-refractivity contribution in [3.05, 3.63) is 48.3 Å². The lowest BCUT2D eigenvalue weighted by atomic mass is 10.1. The molecule has 0 bridgehead atoms. The van der Waals surface area contributed by atoms with Gasteiger partial charge in [-0.2, -0.15) is 0 Å². The normalized spacial score (nSPS) is 17.6. The van der Waals surface area contributed by atoms with Crippen molar-refractivity contribution in [2.75, 3.05) is 16.3 Å². The third kappa shape index (κ3) is 2.72. The molecule has 0 radical (unpaired) electrons. The van der Waals surface area contributed by atoms with Crippen LogP contribution in [0.4, 0.5) is 15.8 Å². The Morgan fingerprint density at radius 2 is 1.76 bits per heavy atom. The Morgan fingerprint density at radius 1 is 1.12 bits per heavy atom. The first-order chi connectivity index (χ1) is 11.8. The Bertz CT molecular complexity index is 928. The van der Waals surface area contributed by atoms with Crippen LogP contribution in [0.15, 0.2) is 47.4 Å². The molecule has 3 rings (SSSR count). The third-order valence-corrected chi connectivity index (χ3v) is 6.05. The molecule has 0 unspecified atom stereocenters. The number of carbonyl (C=O) groups is 1. The van der Waals surface area contributed by atoms with Crippen LogP contribution in [0.2, 0.25) is 0 Å². The standard InChI is InChI=1S/C17H17FN2O4S/c1-3-14-17(22)19(2)16-10-11(18)4-9-15(16)20(14)25(23,24)13-7-5-12(21)6-8-13/h4-10,14,21H,3H2,1-2H3/t14-/m0/s1. The van der Waals surface area contributed by atoms with Gasteiger partial charge in [0.2, 0.25) is 0 Å². The monoisotopic (exact) mass is 364 g/mol. The quantitative estimate of drug-likeness (QED) is 0.908. The van der Waals surface area contributed by atoms with E-state index < -0.39 is 27.8 Å². The van der Waals surface area contributed by atoms with E-state index >= 15 is 0 Å². The van der Waals surface area contributed by atoms with E-state index in [4.69, 9.17) is 0 Å². The van der Waals surface area contributed by atoms with Crippen molar-refractivity contribution < 1.29 is 22.7 Å². The highest BCUT2D eigenvalue weighted by Gasteiger charge is 2.42. The summed E-state index contributed by atoms with van der Waals surface area (Å²) < 4.78 is 41.0. The van der Waals surface area contributed by atoms with Gasteiger partial charge < -0.3 is 10.0 Å². The second-order valence-corrected chi connectivity index (χ2v) is 7.56. The van der Waals surface area contributed by atoms with Crippen LogP contribution < -0.4 is 9.21 Å². The summed E-state index contributed by atoms with van der Waals surface area (Å²) in [6.07, 6.45) is 0.261. The number of benzene rings is 2. The van der Waals surface area contributed by atoms with Crippen LogP contribution in [0.25, 0.3) is 0 Å². The highest BCUT2D eigenvalue weighted by molar-refractivity contribution is 7.93. The van der Waals surface area contributed by atoms with Crippen molar-refractivity contribution in [1.82, 2.24) is 0 Å². The maximum Gasteiger partial charge on any atom is 0.265 e. The summed E-state index contributed by atoms with van der Waals surface area (Å²) in [5.41, 5.74) is 0.431. The van der Waals surface area contributed by atoms with Gasteiger partial charge >= 0.3 is 0 Å². The average molecular weight is 364 g/mol. The highest BCUT2D eigenvalue weighted by Crippen LogP contribution is 2.40. The second kappa shape index (κ2) is 6.03. The molecular formula is C17H17FN2O4S. The fourth-order valence-electron chi connectivity index (χ4n) is 2.93. The molecule has 25 heavy (non-hydrogen) atoms. The van der Waals surface area contributed by atoms with E-state index in [9.17, 15) is 22.7 Å². The van der Waals surface area contributed by atoms with E-state index in [0.29, 0.717) is 0 Å². The number of halogens is 1. The summed E-state index contributed by atoms with van der Waals surface area (Å²) in [4.78, 5) is 13.8. The molecule has 132 valence electrons. The molecule has 0 fully saturated rings. The lowest BCUT2D eigenvalue weighted by Crippen LogP contribution is -2.54. The number of fused-ring (bicyclic) bond motifs is 1. The molecule has 0 spiro atoms. The number of amides is 1. The number of carbonyl (C=O) groups excluding carboxylic acids is 1. The lowest BCUT2D eigenvalue weighted by molar-refractivity contribution is -0.119. The van der Waals surface area contributed by atoms with Gasteiger partial charge in [-0.05, 0) is 48.9 Å². The van der Waals surface area contributed by atoms with E-state index in [0.717, 1.165) is 16.4 Å². The lowest BCUT2D eigenvalue weighted by Gasteiger charge is -2.40. The zero-order valence-electron chi connectivity index (χ0n) is 13.7. The first-order valence-electron chi connectivity index (χ1n) is 7.68. The van der Waals surface area contributed by atoms with Gasteiger partial charge in [-0.15, -0.1) is 0 Å². The Hall–Kier alpha value is -2.61. The van der Waals surface area contributed by atoms with Crippen LogP contribution in [0, 0.1) is 5.82 Å². The first kappa shape index (κ1) is 17.2. The second-order valence-electron chi connectivity index (χ2n) is 5.75. The molecule has 6 nitrogen and oxygen atoms in total. The van der Waals surface area contributed by atoms with E-state index in [1.54, 1.807) is 6.92 Å². The number of likely N-dealkylation sites (N-methyl/N-ethyl adjacent to an activating group) is 1. The van der Waals surface area contributed by atoms with E-state index in [-0.39, 0.29) is 28.4 Å². The van der Waals surface area contributed by atoms with Crippen LogP contribution in [-0.4, -0.2) is 32.5 Å². The number of phenols is 1. The average Bonchev–Trinajstić information content (AvgIpc) is 2.58. The topological polar surface area (TPSA) is 77.9 Å². The zero-order chi connectivity index (χ0) is 18.4. The van der Waals surface area contributed by atoms with Crippen LogP contribution in [0.5, 0.6) is 5.75 Å². The number of nitrogens with zero attached hydrogens (tertiary/aromatic N) is 2. The van der Waals surface area contributed by atoms with Gasteiger partial charge in [0.25, 0.3) is 15.9 Å². The van der Waals surface area contributed by atoms with E-state index in [1.165, 1.54) is 42.3 Å². The van der Waals surface area contributed by atoms with Gasteiger partial charge in [-0.1, -0.05) is 6.92 Å². The van der Waals surface area contributed by atoms with Gasteiger partial charge in [0, 0.05) is 7.05 Å². The number of hydrogen-bond acceptors (Lipinski definition) is 4. The number of rotatable bonds is 3. The molecule has 0 saturated carbocycles. The predicted molar refractivity (Wildman–Crippen MR) is 91.7 cm³/mol. The summed E-state index contributed by atoms with van der Waals surface area (Å²) in [5, 5.41) is 9.39. The maximum absolute atomic E-state index is 13.6. The van der Waals surface area contributed by atoms with Crippen molar-refractivity contribution in [2.45, 2.75) is 24.3 Å². The summed E-state index contributed by atoms with van der Waals surface area (Å²) >= 11 is 0. The summed E-state index contributed by atoms with van der Waals surface area (Å²) in [6.45, 7) is 1.71. The first-order valence-corrected chi connectivity index (χ1v) is 9.12. The molecule has 2 aromatic rings. The number of phenolic OH excluding ortho intramolecular Hbond substituents is 1. The van der Waals surface area contributed by atoms with Gasteiger partial charge in [-0.3, -0.25) is 9.10 Å². The largest absolute Gasteiger partial charge is 0.508 e. The highest BCUT2D eigenvalue weighted by atomic mass is 32.2. The Balaban J connectivity index is 2.23. The molecule has 0 aromatic heterocycles. The van der Waals surface area contributed by atoms with Crippen LogP contribution >= 0.6 is 0 Å². The maximum atomic E-state index is 13.6. The molecule has 1 aliphatic heterocycles. The fraction of sp³-hybridized carbons (Fsp3) is 0.235. The van der Waals surface area contributed by atoms with Crippen molar-refractivity contribution in [3.8, 4) is 5.75 Å². The predicted octanol–water partition coefficient (Wildman–Crippen LogP) is 2.48. The van der Waals surface area contributed by atoms with Gasteiger partial charge in [-0.25, -0.2) is 12.8 Å². The van der Waals surface area contributed by atoms with Crippen LogP contribution in [0.3, 0.4) is 0 Å². The molecule has 8 heteroatoms. The molecule has 1 aliphatic rings. The summed E-state index contributed by atoms with van der Waals surface area (Å²) in [5.74, 6) is -1.05. The molecule has 1 heterocycles. The smallest absolute Gasteiger partial charge is 0.265 e. The third-order valence-electron chi connectivity index (χ3n) is 4.22. The van der Waals surface area contributed by atoms with Crippen molar-refractivity contribution in [3.63, 3.8) is 0 Å². The molecule has 0 saturated heterocycles. The number of anilines is 2. The Kier molecular flexibility index (Phi) is 4.16. The Morgan fingerprint density at radius 3 is 2.36 bits per heavy atom. The minimum atomic E-state index is -4.07. The molecule has 0 aliphatic carbocycles. The molecule has 1 N–H and O–H groups in total. The SMILES string of the molecule is CC[C@H]1C(=O)N(C)c2cc(F)ccc2N1S(=O)(=O)c1ccc(O)cc1. The summed E-state index contributed by atoms with van der Waals surface area (Å²) in [7, 11) is -2.58. The minimum absolute atomic E-state index is 0.0589. The molecular weight excluding hydrogens is 347 g/mol. The van der Waals surface area contributed by atoms with E-state index in [2.05, 4.69) is 0 Å². The number of hydrogen-bond donors (Lipinski definition) is 1. The van der Waals surface area contributed by atoms with Crippen LogP contribution in [-0.2, 0) is 14.8 Å². The Labute approximate surface area is 145 Å². The molecule has 1 atom stereocenters. The molecule has 2 aromatic carbocycles. The van der Waals surface area contributed by atoms with Crippen molar-refractivity contribution in [1.29, 1.82) is 0 Å². The van der Waals surface area contributed by atoms with Gasteiger partial charge in [0.05, 0.1) is 16.3 Å². The molecule has 1 amide bonds. The van der Waals surface area contributed by atoms with Crippen LogP contribution in [0.1, 0.15) is 13.3 Å².